The highest BCUT2D eigenvalue weighted by Crippen LogP contribution is 2.14. The predicted octanol–water partition coefficient (Wildman–Crippen LogP) is 2.08. The summed E-state index contributed by atoms with van der Waals surface area (Å²) in [5, 5.41) is 9.89. The number of aromatic nitrogens is 1. The van der Waals surface area contributed by atoms with Gasteiger partial charge in [-0.25, -0.2) is 9.78 Å². The molecule has 0 radical (unpaired) electrons. The van der Waals surface area contributed by atoms with Crippen LogP contribution in [-0.4, -0.2) is 51.7 Å². The fraction of sp³-hybridized carbons (Fsp3) is 0.478. The van der Waals surface area contributed by atoms with Gasteiger partial charge < -0.3 is 20.7 Å². The number of hydrogen-bond donors (Lipinski definition) is 3. The first-order valence-electron chi connectivity index (χ1n) is 11.1. The minimum atomic E-state index is -1.01. The summed E-state index contributed by atoms with van der Waals surface area (Å²) in [6.45, 7) is 6.65. The molecule has 1 aromatic rings. The average Bonchev–Trinajstić information content (AvgIpc) is 3.27. The number of carbonyl (C=O) groups is 5. The molecule has 1 aliphatic heterocycles. The molecule has 2 rings (SSSR count). The predicted molar refractivity (Wildman–Crippen MR) is 133 cm³/mol. The van der Waals surface area contributed by atoms with Crippen molar-refractivity contribution in [1.82, 2.24) is 20.9 Å². The number of hydrogen-bond acceptors (Lipinski definition) is 9. The highest BCUT2D eigenvalue weighted by Gasteiger charge is 2.30. The highest BCUT2D eigenvalue weighted by atomic mass is 32.2. The van der Waals surface area contributed by atoms with Crippen molar-refractivity contribution in [3.8, 4) is 0 Å². The number of cyclic esters (lactones) is 1. The van der Waals surface area contributed by atoms with E-state index in [0.29, 0.717) is 17.2 Å². The standard InChI is InChI=1S/C23H30N4O6S2/c1-5-16-21(30)27-20(13(2)3)23(32)33-15(8-6-7-9-34-14(4)28)10-18(29)24-11-19-25-17(12-35-19)22(31)26-16/h5-6,8,12-13,15,20H,7,9-11H2,1-4H3,(H,24,29)(H,26,31)(H,27,30)/t15-,20+/m1/s1. The lowest BCUT2D eigenvalue weighted by atomic mass is 10.0. The molecule has 3 amide bonds. The van der Waals surface area contributed by atoms with Crippen molar-refractivity contribution in [3.63, 3.8) is 0 Å². The Morgan fingerprint density at radius 2 is 2.03 bits per heavy atom. The van der Waals surface area contributed by atoms with Crippen LogP contribution in [-0.2, 0) is 30.5 Å². The second-order valence-corrected chi connectivity index (χ2v) is 10.2. The van der Waals surface area contributed by atoms with Crippen molar-refractivity contribution in [2.24, 2.45) is 5.92 Å². The lowest BCUT2D eigenvalue weighted by Crippen LogP contribution is -2.48. The molecule has 12 heteroatoms. The molecule has 0 aromatic carbocycles. The molecular formula is C23H30N4O6S2. The number of nitrogens with one attached hydrogen (secondary N) is 3. The number of nitrogens with zero attached hydrogens (tertiary/aromatic N) is 1. The van der Waals surface area contributed by atoms with Crippen LogP contribution in [0.15, 0.2) is 29.3 Å². The summed E-state index contributed by atoms with van der Waals surface area (Å²) in [5.74, 6) is -2.07. The Labute approximate surface area is 212 Å². The molecule has 35 heavy (non-hydrogen) atoms. The first-order valence-corrected chi connectivity index (χ1v) is 13.0. The maximum absolute atomic E-state index is 13.0. The zero-order chi connectivity index (χ0) is 26.0. The Balaban J connectivity index is 2.29. The van der Waals surface area contributed by atoms with Crippen LogP contribution in [0.1, 0.15) is 56.0 Å². The van der Waals surface area contributed by atoms with Gasteiger partial charge in [-0.1, -0.05) is 37.8 Å². The number of thiazole rings is 1. The number of thioether (sulfide) groups is 1. The Hall–Kier alpha value is -2.99. The van der Waals surface area contributed by atoms with Crippen LogP contribution in [0.2, 0.25) is 0 Å². The number of rotatable bonds is 5. The maximum Gasteiger partial charge on any atom is 0.329 e. The van der Waals surface area contributed by atoms with Gasteiger partial charge in [0.25, 0.3) is 11.8 Å². The number of ether oxygens (including phenoxy) is 1. The van der Waals surface area contributed by atoms with Gasteiger partial charge in [-0.05, 0) is 25.3 Å². The van der Waals surface area contributed by atoms with Crippen LogP contribution in [0.4, 0.5) is 0 Å². The number of esters is 1. The number of carbonyl (C=O) groups excluding carboxylic acids is 5. The Kier molecular flexibility index (Phi) is 11.1. The third-order valence-electron chi connectivity index (χ3n) is 4.80. The van der Waals surface area contributed by atoms with Gasteiger partial charge in [0.15, 0.2) is 5.12 Å². The summed E-state index contributed by atoms with van der Waals surface area (Å²) < 4.78 is 5.60. The van der Waals surface area contributed by atoms with Gasteiger partial charge in [-0.2, -0.15) is 0 Å². The van der Waals surface area contributed by atoms with E-state index in [1.165, 1.54) is 41.5 Å². The number of fused-ring (bicyclic) bond motifs is 2. The first-order chi connectivity index (χ1) is 16.6. The minimum Gasteiger partial charge on any atom is -0.456 e. The van der Waals surface area contributed by atoms with Crippen molar-refractivity contribution >= 4 is 51.9 Å². The van der Waals surface area contributed by atoms with Crippen LogP contribution in [0.3, 0.4) is 0 Å². The van der Waals surface area contributed by atoms with Crippen LogP contribution >= 0.6 is 23.1 Å². The summed E-state index contributed by atoms with van der Waals surface area (Å²) in [5.41, 5.74) is 0.0883. The molecule has 2 bridgehead atoms. The zero-order valence-electron chi connectivity index (χ0n) is 20.1. The van der Waals surface area contributed by atoms with E-state index in [9.17, 15) is 24.0 Å². The molecule has 0 saturated heterocycles. The smallest absolute Gasteiger partial charge is 0.329 e. The van der Waals surface area contributed by atoms with E-state index >= 15 is 0 Å². The van der Waals surface area contributed by atoms with Crippen molar-refractivity contribution in [2.45, 2.75) is 59.2 Å². The molecule has 2 atom stereocenters. The van der Waals surface area contributed by atoms with Gasteiger partial charge in [0, 0.05) is 18.1 Å². The lowest BCUT2D eigenvalue weighted by molar-refractivity contribution is -0.153. The molecule has 190 valence electrons. The van der Waals surface area contributed by atoms with Gasteiger partial charge in [-0.3, -0.25) is 19.2 Å². The van der Waals surface area contributed by atoms with E-state index in [0.717, 1.165) is 0 Å². The van der Waals surface area contributed by atoms with Gasteiger partial charge in [-0.15, -0.1) is 11.3 Å². The zero-order valence-corrected chi connectivity index (χ0v) is 21.7. The molecule has 1 aliphatic rings. The van der Waals surface area contributed by atoms with Crippen molar-refractivity contribution < 1.29 is 28.7 Å². The number of amides is 3. The first kappa shape index (κ1) is 28.2. The minimum absolute atomic E-state index is 0.00598. The molecule has 0 unspecified atom stereocenters. The molecule has 3 N–H and O–H groups in total. The van der Waals surface area contributed by atoms with Crippen LogP contribution < -0.4 is 16.0 Å². The van der Waals surface area contributed by atoms with Gasteiger partial charge in [0.1, 0.15) is 28.5 Å². The fourth-order valence-corrected chi connectivity index (χ4v) is 4.23. The van der Waals surface area contributed by atoms with Crippen LogP contribution in [0, 0.1) is 5.92 Å². The van der Waals surface area contributed by atoms with Crippen molar-refractivity contribution in [2.75, 3.05) is 5.75 Å². The van der Waals surface area contributed by atoms with E-state index in [4.69, 9.17) is 4.74 Å². The molecule has 10 nitrogen and oxygen atoms in total. The topological polar surface area (TPSA) is 144 Å². The summed E-state index contributed by atoms with van der Waals surface area (Å²) in [4.78, 5) is 66.1. The molecule has 1 aromatic heterocycles. The number of allylic oxidation sites excluding steroid dienone is 2. The second-order valence-electron chi connectivity index (χ2n) is 7.99. The fourth-order valence-electron chi connectivity index (χ4n) is 2.98. The van der Waals surface area contributed by atoms with Crippen LogP contribution in [0.5, 0.6) is 0 Å². The Bertz CT molecular complexity index is 1020. The van der Waals surface area contributed by atoms with Gasteiger partial charge >= 0.3 is 5.97 Å². The van der Waals surface area contributed by atoms with E-state index in [2.05, 4.69) is 20.9 Å². The highest BCUT2D eigenvalue weighted by molar-refractivity contribution is 8.13. The largest absolute Gasteiger partial charge is 0.456 e. The Morgan fingerprint density at radius 1 is 1.29 bits per heavy atom. The van der Waals surface area contributed by atoms with Crippen LogP contribution in [0.25, 0.3) is 0 Å². The summed E-state index contributed by atoms with van der Waals surface area (Å²) in [6, 6.07) is -1.01. The Morgan fingerprint density at radius 3 is 2.69 bits per heavy atom. The van der Waals surface area contributed by atoms with Crippen molar-refractivity contribution in [1.29, 1.82) is 0 Å². The molecule has 0 aliphatic carbocycles. The van der Waals surface area contributed by atoms with E-state index in [1.807, 2.05) is 0 Å². The third kappa shape index (κ3) is 9.29. The average molecular weight is 523 g/mol. The van der Waals surface area contributed by atoms with E-state index < -0.39 is 29.9 Å². The maximum atomic E-state index is 13.0. The molecule has 2 heterocycles. The molecule has 0 saturated carbocycles. The van der Waals surface area contributed by atoms with E-state index in [-0.39, 0.29) is 41.3 Å². The lowest BCUT2D eigenvalue weighted by Gasteiger charge is -2.24. The summed E-state index contributed by atoms with van der Waals surface area (Å²) in [6.07, 6.45) is 4.33. The molecule has 0 spiro atoms. The van der Waals surface area contributed by atoms with Gasteiger partial charge in [0.05, 0.1) is 13.0 Å². The molecular weight excluding hydrogens is 492 g/mol. The third-order valence-corrected chi connectivity index (χ3v) is 6.50. The summed E-state index contributed by atoms with van der Waals surface area (Å²) in [7, 11) is 0. The monoisotopic (exact) mass is 522 g/mol. The van der Waals surface area contributed by atoms with E-state index in [1.54, 1.807) is 32.9 Å². The van der Waals surface area contributed by atoms with Gasteiger partial charge in [0.2, 0.25) is 5.91 Å². The quantitative estimate of drug-likeness (QED) is 0.231. The summed E-state index contributed by atoms with van der Waals surface area (Å²) >= 11 is 2.38. The molecule has 0 fully saturated rings. The van der Waals surface area contributed by atoms with Crippen molar-refractivity contribution in [3.05, 3.63) is 40.0 Å². The second kappa shape index (κ2) is 13.8. The SMILES string of the molecule is CC=C1NC(=O)c2csc(n2)CNC(=O)C[C@@H](C=CCCSC(C)=O)OC(=O)[C@H](C(C)C)NC1=O. The normalized spacial score (nSPS) is 21.6.